The summed E-state index contributed by atoms with van der Waals surface area (Å²) >= 11 is 1.62. The molecule has 1 amide bonds. The van der Waals surface area contributed by atoms with E-state index in [4.69, 9.17) is 4.42 Å². The summed E-state index contributed by atoms with van der Waals surface area (Å²) < 4.78 is 5.31. The van der Waals surface area contributed by atoms with Crippen LogP contribution < -0.4 is 10.9 Å². The monoisotopic (exact) mass is 385 g/mol. The van der Waals surface area contributed by atoms with Crippen molar-refractivity contribution in [2.75, 3.05) is 0 Å². The molecule has 0 aromatic carbocycles. The average Bonchev–Trinajstić information content (AvgIpc) is 3.34. The van der Waals surface area contributed by atoms with Gasteiger partial charge >= 0.3 is 0 Å². The second kappa shape index (κ2) is 7.68. The number of carbonyl (C=O) groups excluding carboxylic acids is 1. The molecule has 0 saturated carbocycles. The summed E-state index contributed by atoms with van der Waals surface area (Å²) in [5.74, 6) is 1.48. The lowest BCUT2D eigenvalue weighted by Gasteiger charge is -2.13. The minimum Gasteiger partial charge on any atom is -0.469 e. The van der Waals surface area contributed by atoms with Gasteiger partial charge < -0.3 is 14.7 Å². The van der Waals surface area contributed by atoms with E-state index in [-0.39, 0.29) is 17.5 Å². The Hall–Kier alpha value is -2.41. The van der Waals surface area contributed by atoms with Gasteiger partial charge in [0.2, 0.25) is 5.91 Å². The van der Waals surface area contributed by atoms with Crippen LogP contribution >= 0.6 is 11.3 Å². The summed E-state index contributed by atoms with van der Waals surface area (Å²) in [6.07, 6.45) is 7.16. The number of nitrogens with one attached hydrogen (secondary N) is 2. The summed E-state index contributed by atoms with van der Waals surface area (Å²) in [4.78, 5) is 34.2. The molecule has 0 unspecified atom stereocenters. The lowest BCUT2D eigenvalue weighted by molar-refractivity contribution is -0.121. The molecule has 27 heavy (non-hydrogen) atoms. The van der Waals surface area contributed by atoms with Crippen LogP contribution in [0, 0.1) is 0 Å². The normalized spacial score (nSPS) is 14.4. The van der Waals surface area contributed by atoms with Crippen LogP contribution in [0.2, 0.25) is 0 Å². The molecule has 0 aliphatic heterocycles. The molecule has 0 radical (unpaired) electrons. The number of nitrogens with zero attached hydrogens (tertiary/aromatic N) is 1. The van der Waals surface area contributed by atoms with Crippen LogP contribution in [0.25, 0.3) is 10.2 Å². The third-order valence-corrected chi connectivity index (χ3v) is 6.21. The van der Waals surface area contributed by atoms with Crippen LogP contribution in [-0.4, -0.2) is 21.9 Å². The van der Waals surface area contributed by atoms with E-state index < -0.39 is 0 Å². The molecule has 7 heteroatoms. The molecule has 0 saturated heterocycles. The lowest BCUT2D eigenvalue weighted by atomic mass is 10.1. The van der Waals surface area contributed by atoms with Gasteiger partial charge in [0.1, 0.15) is 16.4 Å². The van der Waals surface area contributed by atoms with E-state index in [1.807, 2.05) is 19.1 Å². The Labute approximate surface area is 161 Å². The number of carbonyl (C=O) groups is 1. The van der Waals surface area contributed by atoms with Gasteiger partial charge in [-0.1, -0.05) is 0 Å². The van der Waals surface area contributed by atoms with Crippen LogP contribution in [-0.2, 0) is 30.5 Å². The van der Waals surface area contributed by atoms with Crippen LogP contribution in [0.3, 0.4) is 0 Å². The van der Waals surface area contributed by atoms with Crippen molar-refractivity contribution in [3.63, 3.8) is 0 Å². The van der Waals surface area contributed by atoms with Crippen molar-refractivity contribution in [1.29, 1.82) is 0 Å². The van der Waals surface area contributed by atoms with Gasteiger partial charge in [0.15, 0.2) is 0 Å². The molecule has 0 bridgehead atoms. The van der Waals surface area contributed by atoms with Gasteiger partial charge in [0.25, 0.3) is 5.56 Å². The standard InChI is InChI=1S/C20H23N3O3S/c1-12(7-8-13-4-3-11-26-13)21-17(24)10-9-16-22-19(25)18-14-5-2-6-15(14)27-20(18)23-16/h3-4,11-12H,2,5-10H2,1H3,(H,21,24)(H,22,23,25)/t12-/m1/s1. The van der Waals surface area contributed by atoms with Gasteiger partial charge in [-0.05, 0) is 50.3 Å². The smallest absolute Gasteiger partial charge is 0.259 e. The Morgan fingerprint density at radius 3 is 3.11 bits per heavy atom. The van der Waals surface area contributed by atoms with Gasteiger partial charge in [-0.2, -0.15) is 0 Å². The molecule has 2 N–H and O–H groups in total. The van der Waals surface area contributed by atoms with Gasteiger partial charge in [0.05, 0.1) is 11.6 Å². The molecular formula is C20H23N3O3S. The number of hydrogen-bond acceptors (Lipinski definition) is 5. The number of fused-ring (bicyclic) bond motifs is 3. The number of furan rings is 1. The van der Waals surface area contributed by atoms with Crippen molar-refractivity contribution in [1.82, 2.24) is 15.3 Å². The van der Waals surface area contributed by atoms with Crippen LogP contribution in [0.1, 0.15) is 48.2 Å². The van der Waals surface area contributed by atoms with Gasteiger partial charge in [0, 0.05) is 30.2 Å². The molecule has 1 atom stereocenters. The quantitative estimate of drug-likeness (QED) is 0.654. The minimum absolute atomic E-state index is 0.0293. The van der Waals surface area contributed by atoms with Gasteiger partial charge in [-0.15, -0.1) is 11.3 Å². The third-order valence-electron chi connectivity index (χ3n) is 5.02. The van der Waals surface area contributed by atoms with Crippen molar-refractivity contribution in [2.45, 2.75) is 57.9 Å². The maximum Gasteiger partial charge on any atom is 0.259 e. The van der Waals surface area contributed by atoms with Crippen molar-refractivity contribution < 1.29 is 9.21 Å². The van der Waals surface area contributed by atoms with Crippen LogP contribution in [0.15, 0.2) is 27.6 Å². The number of amides is 1. The molecule has 3 heterocycles. The number of rotatable bonds is 7. The van der Waals surface area contributed by atoms with Crippen LogP contribution in [0.5, 0.6) is 0 Å². The van der Waals surface area contributed by atoms with Crippen molar-refractivity contribution in [3.05, 3.63) is 50.8 Å². The number of thiophene rings is 1. The Kier molecular flexibility index (Phi) is 5.11. The van der Waals surface area contributed by atoms with Gasteiger partial charge in [-0.25, -0.2) is 4.98 Å². The van der Waals surface area contributed by atoms with E-state index >= 15 is 0 Å². The Morgan fingerprint density at radius 1 is 1.41 bits per heavy atom. The Bertz CT molecular complexity index is 1000. The zero-order valence-corrected chi connectivity index (χ0v) is 16.2. The van der Waals surface area contributed by atoms with Crippen LogP contribution in [0.4, 0.5) is 0 Å². The first kappa shape index (κ1) is 18.0. The molecule has 3 aromatic heterocycles. The van der Waals surface area contributed by atoms with E-state index in [1.165, 1.54) is 10.4 Å². The molecule has 3 aromatic rings. The number of H-pyrrole nitrogens is 1. The molecule has 4 rings (SSSR count). The average molecular weight is 385 g/mol. The molecule has 6 nitrogen and oxygen atoms in total. The Balaban J connectivity index is 1.33. The summed E-state index contributed by atoms with van der Waals surface area (Å²) in [6, 6.07) is 3.87. The maximum atomic E-state index is 12.4. The predicted octanol–water partition coefficient (Wildman–Crippen LogP) is 3.14. The number of aromatic amines is 1. The van der Waals surface area contributed by atoms with Gasteiger partial charge in [-0.3, -0.25) is 9.59 Å². The maximum absolute atomic E-state index is 12.4. The minimum atomic E-state index is -0.0679. The second-order valence-electron chi connectivity index (χ2n) is 7.14. The van der Waals surface area contributed by atoms with E-state index in [0.29, 0.717) is 18.7 Å². The fraction of sp³-hybridized carbons (Fsp3) is 0.450. The van der Waals surface area contributed by atoms with E-state index in [2.05, 4.69) is 15.3 Å². The molecule has 1 aliphatic carbocycles. The fourth-order valence-corrected chi connectivity index (χ4v) is 4.91. The van der Waals surface area contributed by atoms with Crippen molar-refractivity contribution in [2.24, 2.45) is 0 Å². The first-order chi connectivity index (χ1) is 13.1. The van der Waals surface area contributed by atoms with E-state index in [1.54, 1.807) is 17.6 Å². The predicted molar refractivity (Wildman–Crippen MR) is 105 cm³/mol. The molecule has 142 valence electrons. The lowest BCUT2D eigenvalue weighted by Crippen LogP contribution is -2.33. The summed E-state index contributed by atoms with van der Waals surface area (Å²) in [5.41, 5.74) is 1.11. The first-order valence-corrected chi connectivity index (χ1v) is 10.3. The largest absolute Gasteiger partial charge is 0.469 e. The highest BCUT2D eigenvalue weighted by molar-refractivity contribution is 7.18. The zero-order valence-electron chi connectivity index (χ0n) is 15.3. The number of aromatic nitrogens is 2. The van der Waals surface area contributed by atoms with E-state index in [9.17, 15) is 9.59 Å². The highest BCUT2D eigenvalue weighted by atomic mass is 32.1. The molecule has 0 fully saturated rings. The SMILES string of the molecule is C[C@H](CCc1ccco1)NC(=O)CCc1nc2sc3c(c2c(=O)[nH]1)CCC3. The molecule has 0 spiro atoms. The summed E-state index contributed by atoms with van der Waals surface area (Å²) in [7, 11) is 0. The summed E-state index contributed by atoms with van der Waals surface area (Å²) in [5, 5.41) is 3.75. The molecule has 1 aliphatic rings. The van der Waals surface area contributed by atoms with E-state index in [0.717, 1.165) is 48.1 Å². The zero-order chi connectivity index (χ0) is 18.8. The topological polar surface area (TPSA) is 88.0 Å². The summed E-state index contributed by atoms with van der Waals surface area (Å²) in [6.45, 7) is 1.99. The second-order valence-corrected chi connectivity index (χ2v) is 8.22. The third kappa shape index (κ3) is 3.98. The van der Waals surface area contributed by atoms with Crippen molar-refractivity contribution in [3.8, 4) is 0 Å². The highest BCUT2D eigenvalue weighted by Gasteiger charge is 2.21. The number of hydrogen-bond donors (Lipinski definition) is 2. The fourth-order valence-electron chi connectivity index (χ4n) is 3.63. The number of aryl methyl sites for hydroxylation is 4. The molecular weight excluding hydrogens is 362 g/mol. The first-order valence-electron chi connectivity index (χ1n) is 9.45. The van der Waals surface area contributed by atoms with Crippen molar-refractivity contribution >= 4 is 27.5 Å². The highest BCUT2D eigenvalue weighted by Crippen LogP contribution is 2.34. The Morgan fingerprint density at radius 2 is 2.30 bits per heavy atom.